The van der Waals surface area contributed by atoms with Crippen LogP contribution in [0, 0.1) is 40.9 Å². The van der Waals surface area contributed by atoms with Gasteiger partial charge in [0.1, 0.15) is 5.75 Å². The molecule has 3 aromatic rings. The number of hydrogen-bond acceptors (Lipinski definition) is 5. The summed E-state index contributed by atoms with van der Waals surface area (Å²) >= 11 is 0. The fourth-order valence-corrected chi connectivity index (χ4v) is 9.09. The lowest BCUT2D eigenvalue weighted by molar-refractivity contribution is -0.120. The second-order valence-electron chi connectivity index (χ2n) is 14.9. The molecule has 4 aliphatic rings. The van der Waals surface area contributed by atoms with Crippen LogP contribution in [0.25, 0.3) is 0 Å². The van der Waals surface area contributed by atoms with Crippen molar-refractivity contribution in [2.45, 2.75) is 88.1 Å². The van der Waals surface area contributed by atoms with Gasteiger partial charge >= 0.3 is 5.97 Å². The Hall–Kier alpha value is -4.04. The predicted octanol–water partition coefficient (Wildman–Crippen LogP) is 7.68. The van der Waals surface area contributed by atoms with Crippen molar-refractivity contribution >= 4 is 27.6 Å². The number of ether oxygens (including phenoxy) is 1. The van der Waals surface area contributed by atoms with E-state index in [1.54, 1.807) is 0 Å². The molecule has 2 bridgehead atoms. The minimum Gasteiger partial charge on any atom is -0.495 e. The number of sulfonamides is 1. The lowest BCUT2D eigenvalue weighted by atomic mass is 9.63. The van der Waals surface area contributed by atoms with Gasteiger partial charge in [-0.2, -0.15) is 4.31 Å². The molecule has 4 aliphatic carbocycles. The fourth-order valence-electron chi connectivity index (χ4n) is 7.31. The zero-order valence-electron chi connectivity index (χ0n) is 28.6. The Morgan fingerprint density at radius 2 is 1.51 bits per heavy atom. The van der Waals surface area contributed by atoms with Gasteiger partial charge in [0.05, 0.1) is 31.5 Å². The van der Waals surface area contributed by atoms with Crippen molar-refractivity contribution in [1.29, 1.82) is 0 Å². The topological polar surface area (TPSA) is 104 Å². The van der Waals surface area contributed by atoms with Gasteiger partial charge in [-0.1, -0.05) is 39.0 Å². The molecule has 0 radical (unpaired) electrons. The third kappa shape index (κ3) is 6.96. The molecule has 1 N–H and O–H groups in total. The van der Waals surface area contributed by atoms with Crippen LogP contribution >= 0.6 is 0 Å². The van der Waals surface area contributed by atoms with Crippen molar-refractivity contribution in [3.8, 4) is 5.75 Å². The first-order valence-corrected chi connectivity index (χ1v) is 18.3. The van der Waals surface area contributed by atoms with Gasteiger partial charge in [0.2, 0.25) is 21.7 Å². The number of carboxylic acid groups (broad SMARTS) is 1. The van der Waals surface area contributed by atoms with E-state index >= 15 is 8.78 Å². The number of carbonyl (C=O) groups is 2. The van der Waals surface area contributed by atoms with Crippen LogP contribution in [-0.4, -0.2) is 49.4 Å². The molecule has 0 aliphatic heterocycles. The fraction of sp³-hybridized carbons (Fsp3) is 0.459. The quantitative estimate of drug-likeness (QED) is 0.123. The summed E-state index contributed by atoms with van der Waals surface area (Å²) in [5.74, 6) is -14.2. The summed E-state index contributed by atoms with van der Waals surface area (Å²) in [6.07, 6.45) is 3.92. The molecule has 0 spiro atoms. The highest BCUT2D eigenvalue weighted by Gasteiger charge is 2.49. The van der Waals surface area contributed by atoms with E-state index in [4.69, 9.17) is 4.74 Å². The summed E-state index contributed by atoms with van der Waals surface area (Å²) in [5.41, 5.74) is 2.38. The van der Waals surface area contributed by atoms with Crippen molar-refractivity contribution in [3.05, 3.63) is 87.7 Å². The van der Waals surface area contributed by atoms with E-state index in [1.807, 2.05) is 32.9 Å². The standard InChI is InChI=1S/C37H39F5N2O6S/c1-37(2,3)25-14-20(13-23(15-25)21-6-7-21)17-43(27-10-8-22(36(46)47)16-28(27)50-4)29(45)18-44(26-9-5-19-11-24(26)12-19)51(48,49)35-33(41)31(39)30(38)32(40)34(35)42/h8,10,13-16,19,21,24,26H,5-7,9,11-12,17-18H2,1-4H3,(H,46,47)/t19?,24?,26-/m1/s1. The molecule has 4 fully saturated rings. The van der Waals surface area contributed by atoms with Crippen LogP contribution < -0.4 is 9.64 Å². The Balaban J connectivity index is 1.47. The highest BCUT2D eigenvalue weighted by Crippen LogP contribution is 2.49. The van der Waals surface area contributed by atoms with Crippen molar-refractivity contribution in [2.75, 3.05) is 18.6 Å². The summed E-state index contributed by atoms with van der Waals surface area (Å²) in [7, 11) is -4.23. The maximum Gasteiger partial charge on any atom is 0.335 e. The summed E-state index contributed by atoms with van der Waals surface area (Å²) in [6.45, 7) is 4.97. The number of benzene rings is 3. The largest absolute Gasteiger partial charge is 0.495 e. The van der Waals surface area contributed by atoms with Gasteiger partial charge in [-0.15, -0.1) is 0 Å². The van der Waals surface area contributed by atoms with Crippen LogP contribution in [-0.2, 0) is 26.8 Å². The van der Waals surface area contributed by atoms with Gasteiger partial charge in [0.25, 0.3) is 0 Å². The number of rotatable bonds is 11. The van der Waals surface area contributed by atoms with Crippen molar-refractivity contribution in [1.82, 2.24) is 4.31 Å². The molecular weight excluding hydrogens is 695 g/mol. The first-order valence-electron chi connectivity index (χ1n) is 16.8. The molecule has 8 nitrogen and oxygen atoms in total. The number of nitrogens with zero attached hydrogens (tertiary/aromatic N) is 2. The number of carbonyl (C=O) groups excluding carboxylic acids is 1. The number of anilines is 1. The van der Waals surface area contributed by atoms with E-state index in [2.05, 4.69) is 6.07 Å². The van der Waals surface area contributed by atoms with E-state index in [0.29, 0.717) is 41.0 Å². The van der Waals surface area contributed by atoms with E-state index in [0.717, 1.165) is 24.0 Å². The predicted molar refractivity (Wildman–Crippen MR) is 178 cm³/mol. The van der Waals surface area contributed by atoms with Gasteiger partial charge in [0, 0.05) is 6.04 Å². The number of halogens is 5. The van der Waals surface area contributed by atoms with Crippen molar-refractivity contribution in [3.63, 3.8) is 0 Å². The van der Waals surface area contributed by atoms with Gasteiger partial charge in [0.15, 0.2) is 28.2 Å². The summed E-state index contributed by atoms with van der Waals surface area (Å²) < 4.78 is 107. The maximum atomic E-state index is 15.1. The lowest BCUT2D eigenvalue weighted by Gasteiger charge is -2.50. The van der Waals surface area contributed by atoms with Crippen molar-refractivity contribution < 1.29 is 49.8 Å². The minimum atomic E-state index is -5.50. The first kappa shape index (κ1) is 36.7. The molecule has 51 heavy (non-hydrogen) atoms. The average Bonchev–Trinajstić information content (AvgIpc) is 3.92. The molecule has 0 saturated heterocycles. The summed E-state index contributed by atoms with van der Waals surface area (Å²) in [4.78, 5) is 25.6. The second-order valence-corrected chi connectivity index (χ2v) is 16.7. The van der Waals surface area contributed by atoms with E-state index in [9.17, 15) is 36.3 Å². The third-order valence-electron chi connectivity index (χ3n) is 10.4. The van der Waals surface area contributed by atoms with Crippen molar-refractivity contribution in [2.24, 2.45) is 11.8 Å². The molecule has 1 amide bonds. The summed E-state index contributed by atoms with van der Waals surface area (Å²) in [5, 5.41) is 9.62. The Morgan fingerprint density at radius 3 is 2.04 bits per heavy atom. The number of fused-ring (bicyclic) bond motifs is 2. The van der Waals surface area contributed by atoms with Crippen LogP contribution in [0.15, 0.2) is 41.3 Å². The van der Waals surface area contributed by atoms with Gasteiger partial charge in [-0.3, -0.25) is 4.79 Å². The maximum absolute atomic E-state index is 15.1. The Morgan fingerprint density at radius 1 is 0.882 bits per heavy atom. The molecule has 7 rings (SSSR count). The number of carboxylic acids is 1. The van der Waals surface area contributed by atoms with Crippen LogP contribution in [0.5, 0.6) is 5.75 Å². The molecule has 4 saturated carbocycles. The van der Waals surface area contributed by atoms with Gasteiger partial charge in [-0.05, 0) is 96.6 Å². The van der Waals surface area contributed by atoms with E-state index in [-0.39, 0.29) is 41.3 Å². The van der Waals surface area contributed by atoms with Crippen LogP contribution in [0.2, 0.25) is 0 Å². The second kappa shape index (κ2) is 13.5. The monoisotopic (exact) mass is 734 g/mol. The van der Waals surface area contributed by atoms with Crippen LogP contribution in [0.3, 0.4) is 0 Å². The van der Waals surface area contributed by atoms with E-state index < -0.39 is 68.5 Å². The van der Waals surface area contributed by atoms with E-state index in [1.165, 1.54) is 30.2 Å². The zero-order valence-corrected chi connectivity index (χ0v) is 29.4. The zero-order chi connectivity index (χ0) is 37.2. The normalized spacial score (nSPS) is 20.2. The molecule has 274 valence electrons. The van der Waals surface area contributed by atoms with Crippen LogP contribution in [0.4, 0.5) is 27.6 Å². The SMILES string of the molecule is COc1cc(C(=O)O)ccc1N(Cc1cc(C2CC2)cc(C(C)(C)C)c1)C(=O)CN([C@@H]1CCC2CC1C2)S(=O)(=O)c1c(F)c(F)c(F)c(F)c1F. The molecule has 14 heteroatoms. The first-order chi connectivity index (χ1) is 23.9. The molecule has 1 atom stereocenters. The summed E-state index contributed by atoms with van der Waals surface area (Å²) in [6, 6.07) is 8.83. The smallest absolute Gasteiger partial charge is 0.335 e. The van der Waals surface area contributed by atoms with Gasteiger partial charge in [-0.25, -0.2) is 35.2 Å². The highest BCUT2D eigenvalue weighted by atomic mass is 32.2. The lowest BCUT2D eigenvalue weighted by Crippen LogP contribution is -2.55. The minimum absolute atomic E-state index is 0.0219. The Bertz CT molecular complexity index is 1980. The third-order valence-corrected chi connectivity index (χ3v) is 12.3. The van der Waals surface area contributed by atoms with Gasteiger partial charge < -0.3 is 14.7 Å². The Kier molecular flexibility index (Phi) is 9.72. The molecule has 3 aromatic carbocycles. The average molecular weight is 735 g/mol. The number of aromatic carboxylic acids is 1. The molecule has 0 heterocycles. The molecule has 0 unspecified atom stereocenters. The Labute approximate surface area is 293 Å². The molecular formula is C37H39F5N2O6S. The number of hydrogen-bond donors (Lipinski definition) is 1. The number of amides is 1. The molecule has 0 aromatic heterocycles. The highest BCUT2D eigenvalue weighted by molar-refractivity contribution is 7.89. The van der Waals surface area contributed by atoms with Crippen LogP contribution in [0.1, 0.15) is 92.3 Å². The number of methoxy groups -OCH3 is 1.